The molecule has 0 aromatic rings. The molecule has 1 heterocycles. The first-order chi connectivity index (χ1) is 8.17. The Balaban J connectivity index is 2.36. The normalized spacial score (nSPS) is 18.8. The van der Waals surface area contributed by atoms with Crippen LogP contribution in [-0.4, -0.2) is 34.9 Å². The number of nitriles is 1. The molecular formula is C13H22N2OS. The highest BCUT2D eigenvalue weighted by atomic mass is 32.2. The number of rotatable bonds is 5. The quantitative estimate of drug-likeness (QED) is 0.709. The molecule has 0 aromatic heterocycles. The van der Waals surface area contributed by atoms with Gasteiger partial charge in [-0.1, -0.05) is 19.8 Å². The van der Waals surface area contributed by atoms with Gasteiger partial charge < -0.3 is 4.90 Å². The largest absolute Gasteiger partial charge is 0.343 e. The SMILES string of the molecule is CCCCCC(=O)N1CCC(C#N)(SC)CC1. The van der Waals surface area contributed by atoms with E-state index in [1.165, 1.54) is 0 Å². The van der Waals surface area contributed by atoms with Crippen LogP contribution in [0.4, 0.5) is 0 Å². The number of piperidine rings is 1. The zero-order valence-corrected chi connectivity index (χ0v) is 11.7. The van der Waals surface area contributed by atoms with E-state index in [0.29, 0.717) is 6.42 Å². The fourth-order valence-corrected chi connectivity index (χ4v) is 2.85. The highest BCUT2D eigenvalue weighted by Crippen LogP contribution is 2.33. The fourth-order valence-electron chi connectivity index (χ4n) is 2.16. The van der Waals surface area contributed by atoms with Crippen LogP contribution in [0.5, 0.6) is 0 Å². The van der Waals surface area contributed by atoms with Crippen molar-refractivity contribution >= 4 is 17.7 Å². The number of hydrogen-bond donors (Lipinski definition) is 0. The minimum absolute atomic E-state index is 0.250. The van der Waals surface area contributed by atoms with E-state index in [4.69, 9.17) is 5.26 Å². The fraction of sp³-hybridized carbons (Fsp3) is 0.846. The van der Waals surface area contributed by atoms with Gasteiger partial charge in [-0.05, 0) is 25.5 Å². The average Bonchev–Trinajstić information content (AvgIpc) is 2.39. The lowest BCUT2D eigenvalue weighted by molar-refractivity contribution is -0.132. The molecule has 4 heteroatoms. The summed E-state index contributed by atoms with van der Waals surface area (Å²) in [5.74, 6) is 0.270. The Morgan fingerprint density at radius 3 is 2.53 bits per heavy atom. The summed E-state index contributed by atoms with van der Waals surface area (Å²) in [6.07, 6.45) is 7.56. The Bertz CT molecular complexity index is 290. The van der Waals surface area contributed by atoms with Gasteiger partial charge in [-0.15, -0.1) is 11.8 Å². The smallest absolute Gasteiger partial charge is 0.222 e. The topological polar surface area (TPSA) is 44.1 Å². The summed E-state index contributed by atoms with van der Waals surface area (Å²) in [5.41, 5.74) is 0. The summed E-state index contributed by atoms with van der Waals surface area (Å²) in [5, 5.41) is 9.17. The Kier molecular flexibility index (Phi) is 5.84. The number of thioether (sulfide) groups is 1. The van der Waals surface area contributed by atoms with Crippen LogP contribution in [0.25, 0.3) is 0 Å². The Morgan fingerprint density at radius 1 is 1.41 bits per heavy atom. The van der Waals surface area contributed by atoms with Gasteiger partial charge >= 0.3 is 0 Å². The second kappa shape index (κ2) is 6.90. The van der Waals surface area contributed by atoms with Crippen molar-refractivity contribution in [1.82, 2.24) is 4.90 Å². The Labute approximate surface area is 109 Å². The predicted molar refractivity (Wildman–Crippen MR) is 71.8 cm³/mol. The zero-order chi connectivity index (χ0) is 12.7. The van der Waals surface area contributed by atoms with Crippen LogP contribution in [0.2, 0.25) is 0 Å². The monoisotopic (exact) mass is 254 g/mol. The van der Waals surface area contributed by atoms with Crippen molar-refractivity contribution in [2.45, 2.75) is 50.2 Å². The third-order valence-electron chi connectivity index (χ3n) is 3.51. The number of carbonyl (C=O) groups is 1. The maximum absolute atomic E-state index is 11.9. The first-order valence-corrected chi connectivity index (χ1v) is 7.64. The highest BCUT2D eigenvalue weighted by Gasteiger charge is 2.35. The molecule has 1 aliphatic rings. The van der Waals surface area contributed by atoms with E-state index in [1.54, 1.807) is 11.8 Å². The van der Waals surface area contributed by atoms with Crippen molar-refractivity contribution in [2.75, 3.05) is 19.3 Å². The summed E-state index contributed by atoms with van der Waals surface area (Å²) < 4.78 is -0.250. The van der Waals surface area contributed by atoms with Crippen molar-refractivity contribution < 1.29 is 4.79 Å². The van der Waals surface area contributed by atoms with Gasteiger partial charge in [0.1, 0.15) is 4.75 Å². The number of hydrogen-bond acceptors (Lipinski definition) is 3. The molecule has 1 amide bonds. The molecule has 0 unspecified atom stereocenters. The van der Waals surface area contributed by atoms with E-state index in [2.05, 4.69) is 13.0 Å². The summed E-state index contributed by atoms with van der Waals surface area (Å²) in [6, 6.07) is 2.40. The molecule has 17 heavy (non-hydrogen) atoms. The number of nitrogens with zero attached hydrogens (tertiary/aromatic N) is 2. The van der Waals surface area contributed by atoms with Crippen LogP contribution in [0, 0.1) is 11.3 Å². The molecule has 1 aliphatic heterocycles. The van der Waals surface area contributed by atoms with Crippen LogP contribution in [0.3, 0.4) is 0 Å². The maximum atomic E-state index is 11.9. The Hall–Kier alpha value is -0.690. The van der Waals surface area contributed by atoms with Crippen molar-refractivity contribution in [1.29, 1.82) is 5.26 Å². The van der Waals surface area contributed by atoms with E-state index in [1.807, 2.05) is 11.2 Å². The van der Waals surface area contributed by atoms with Crippen LogP contribution in [0.15, 0.2) is 0 Å². The lowest BCUT2D eigenvalue weighted by Gasteiger charge is -2.36. The number of amides is 1. The maximum Gasteiger partial charge on any atom is 0.222 e. The molecule has 0 radical (unpaired) electrons. The van der Waals surface area contributed by atoms with Crippen molar-refractivity contribution in [2.24, 2.45) is 0 Å². The Morgan fingerprint density at radius 2 is 2.06 bits per heavy atom. The highest BCUT2D eigenvalue weighted by molar-refractivity contribution is 8.00. The van der Waals surface area contributed by atoms with Crippen molar-refractivity contribution in [3.05, 3.63) is 0 Å². The number of unbranched alkanes of at least 4 members (excludes halogenated alkanes) is 2. The van der Waals surface area contributed by atoms with Gasteiger partial charge in [0.2, 0.25) is 5.91 Å². The van der Waals surface area contributed by atoms with Gasteiger partial charge in [0.25, 0.3) is 0 Å². The summed E-state index contributed by atoms with van der Waals surface area (Å²) in [4.78, 5) is 13.8. The molecular weight excluding hydrogens is 232 g/mol. The molecule has 1 fully saturated rings. The van der Waals surface area contributed by atoms with Gasteiger partial charge in [0.15, 0.2) is 0 Å². The molecule has 0 aliphatic carbocycles. The molecule has 0 atom stereocenters. The standard InChI is InChI=1S/C13H22N2OS/c1-3-4-5-6-12(16)15-9-7-13(11-14,17-2)8-10-15/h3-10H2,1-2H3. The van der Waals surface area contributed by atoms with E-state index in [0.717, 1.165) is 45.2 Å². The van der Waals surface area contributed by atoms with Crippen LogP contribution >= 0.6 is 11.8 Å². The van der Waals surface area contributed by atoms with E-state index < -0.39 is 0 Å². The van der Waals surface area contributed by atoms with E-state index >= 15 is 0 Å². The minimum Gasteiger partial charge on any atom is -0.343 e. The van der Waals surface area contributed by atoms with Gasteiger partial charge in [-0.25, -0.2) is 0 Å². The third-order valence-corrected chi connectivity index (χ3v) is 4.79. The van der Waals surface area contributed by atoms with Gasteiger partial charge in [-0.2, -0.15) is 5.26 Å². The second-order valence-electron chi connectivity index (χ2n) is 4.65. The second-order valence-corrected chi connectivity index (χ2v) is 5.84. The molecule has 0 saturated carbocycles. The van der Waals surface area contributed by atoms with Crippen LogP contribution in [0.1, 0.15) is 45.4 Å². The van der Waals surface area contributed by atoms with Gasteiger partial charge in [0, 0.05) is 19.5 Å². The molecule has 3 nitrogen and oxygen atoms in total. The molecule has 0 aromatic carbocycles. The van der Waals surface area contributed by atoms with Gasteiger partial charge in [-0.3, -0.25) is 4.79 Å². The molecule has 1 rings (SSSR count). The van der Waals surface area contributed by atoms with Crippen molar-refractivity contribution in [3.8, 4) is 6.07 Å². The predicted octanol–water partition coefficient (Wildman–Crippen LogP) is 2.81. The minimum atomic E-state index is -0.250. The number of likely N-dealkylation sites (tertiary alicyclic amines) is 1. The van der Waals surface area contributed by atoms with Crippen LogP contribution in [-0.2, 0) is 4.79 Å². The molecule has 0 bridgehead atoms. The lowest BCUT2D eigenvalue weighted by Crippen LogP contribution is -2.44. The van der Waals surface area contributed by atoms with E-state index in [-0.39, 0.29) is 10.7 Å². The lowest BCUT2D eigenvalue weighted by atomic mass is 9.97. The molecule has 0 N–H and O–H groups in total. The number of carbonyl (C=O) groups excluding carboxylic acids is 1. The van der Waals surface area contributed by atoms with E-state index in [9.17, 15) is 4.79 Å². The van der Waals surface area contributed by atoms with Crippen molar-refractivity contribution in [3.63, 3.8) is 0 Å². The van der Waals surface area contributed by atoms with Gasteiger partial charge in [0.05, 0.1) is 6.07 Å². The molecule has 0 spiro atoms. The average molecular weight is 254 g/mol. The summed E-state index contributed by atoms with van der Waals surface area (Å²) in [6.45, 7) is 3.64. The summed E-state index contributed by atoms with van der Waals surface area (Å²) in [7, 11) is 0. The first kappa shape index (κ1) is 14.4. The molecule has 96 valence electrons. The third kappa shape index (κ3) is 3.92. The molecule has 1 saturated heterocycles. The summed E-state index contributed by atoms with van der Waals surface area (Å²) >= 11 is 1.63. The first-order valence-electron chi connectivity index (χ1n) is 6.41. The zero-order valence-electron chi connectivity index (χ0n) is 10.9. The van der Waals surface area contributed by atoms with Crippen LogP contribution < -0.4 is 0 Å².